The summed E-state index contributed by atoms with van der Waals surface area (Å²) in [7, 11) is 2.36. The summed E-state index contributed by atoms with van der Waals surface area (Å²) in [6, 6.07) is 0.738. The average Bonchev–Trinajstić information content (AvgIpc) is 2.34. The highest BCUT2D eigenvalue weighted by Crippen LogP contribution is 2.15. The third-order valence-electron chi connectivity index (χ3n) is 2.45. The summed E-state index contributed by atoms with van der Waals surface area (Å²) in [5.41, 5.74) is 0. The van der Waals surface area contributed by atoms with Crippen molar-refractivity contribution in [2.45, 2.75) is 12.5 Å². The van der Waals surface area contributed by atoms with Crippen molar-refractivity contribution >= 4 is 38.0 Å². The predicted octanol–water partition coefficient (Wildman–Crippen LogP) is 1.57. The molecule has 0 aliphatic rings. The molecule has 0 aromatic heterocycles. The first-order valence-electron chi connectivity index (χ1n) is 5.27. The van der Waals surface area contributed by atoms with Crippen LogP contribution >= 0.6 is 12.2 Å². The van der Waals surface area contributed by atoms with Crippen LogP contribution in [0, 0.1) is 0 Å². The summed E-state index contributed by atoms with van der Waals surface area (Å²) in [5.74, 6) is 0. The van der Waals surface area contributed by atoms with Crippen molar-refractivity contribution < 1.29 is 13.3 Å². The summed E-state index contributed by atoms with van der Waals surface area (Å²) in [6.07, 6.45) is 2.64. The fourth-order valence-electron chi connectivity index (χ4n) is 1.46. The third kappa shape index (κ3) is 5.89. The van der Waals surface area contributed by atoms with Gasteiger partial charge < -0.3 is 43.0 Å². The normalized spacial score (nSPS) is 11.2. The van der Waals surface area contributed by atoms with Gasteiger partial charge in [-0.2, -0.15) is 0 Å². The topological polar surface area (TPSA) is 30.9 Å². The van der Waals surface area contributed by atoms with E-state index in [1.54, 1.807) is 27.4 Å². The molecule has 0 aliphatic carbocycles. The summed E-state index contributed by atoms with van der Waals surface area (Å²) < 4.78 is 16.5. The van der Waals surface area contributed by atoms with E-state index in [9.17, 15) is 0 Å². The molecule has 0 aromatic carbocycles. The summed E-state index contributed by atoms with van der Waals surface area (Å²) >= 11 is 9.97. The van der Waals surface area contributed by atoms with Gasteiger partial charge in [-0.25, -0.2) is 0 Å². The molecule has 0 bridgehead atoms. The second-order valence-electron chi connectivity index (χ2n) is 3.40. The standard InChI is InChI=1S/C10H21NO3S2Si/c1-5-7-11(10(15)16)8-6-9-17(12-2,13-3)14-4/h5H,1,6-9H2,2-4H3,(H,15,16)/p-1. The molecule has 0 aliphatic heterocycles. The molecule has 0 heterocycles. The molecule has 7 heteroatoms. The van der Waals surface area contributed by atoms with Crippen molar-refractivity contribution in [3.8, 4) is 0 Å². The Bertz CT molecular complexity index is 241. The fraction of sp³-hybridized carbons (Fsp3) is 0.700. The number of nitrogens with zero attached hydrogens (tertiary/aromatic N) is 1. The quantitative estimate of drug-likeness (QED) is 0.278. The fourth-order valence-corrected chi connectivity index (χ4v) is 3.49. The molecule has 0 unspecified atom stereocenters. The van der Waals surface area contributed by atoms with Gasteiger partial charge in [-0.3, -0.25) is 0 Å². The predicted molar refractivity (Wildman–Crippen MR) is 77.9 cm³/mol. The van der Waals surface area contributed by atoms with E-state index in [0.717, 1.165) is 19.0 Å². The highest BCUT2D eigenvalue weighted by atomic mass is 32.1. The van der Waals surface area contributed by atoms with Gasteiger partial charge in [0.05, 0.1) is 0 Å². The Morgan fingerprint density at radius 3 is 2.24 bits per heavy atom. The molecule has 100 valence electrons. The van der Waals surface area contributed by atoms with Gasteiger partial charge in [-0.05, 0) is 6.42 Å². The Balaban J connectivity index is 4.17. The number of hydrogen-bond donors (Lipinski definition) is 0. The molecule has 0 atom stereocenters. The molecular weight excluding hydrogens is 274 g/mol. The molecule has 0 fully saturated rings. The second kappa shape index (κ2) is 8.95. The highest BCUT2D eigenvalue weighted by molar-refractivity contribution is 8.00. The van der Waals surface area contributed by atoms with Crippen LogP contribution in [0.15, 0.2) is 12.7 Å². The lowest BCUT2D eigenvalue weighted by atomic mass is 10.4. The molecule has 0 saturated heterocycles. The van der Waals surface area contributed by atoms with E-state index in [4.69, 9.17) is 38.1 Å². The maximum atomic E-state index is 5.34. The first-order chi connectivity index (χ1) is 8.05. The second-order valence-corrected chi connectivity index (χ2v) is 7.52. The Morgan fingerprint density at radius 1 is 1.35 bits per heavy atom. The maximum Gasteiger partial charge on any atom is 0.500 e. The highest BCUT2D eigenvalue weighted by Gasteiger charge is 2.36. The largest absolute Gasteiger partial charge is 0.500 e. The minimum Gasteiger partial charge on any atom is -0.411 e. The van der Waals surface area contributed by atoms with Crippen molar-refractivity contribution in [2.75, 3.05) is 34.4 Å². The van der Waals surface area contributed by atoms with Crippen molar-refractivity contribution in [1.82, 2.24) is 4.90 Å². The van der Waals surface area contributed by atoms with E-state index in [1.165, 1.54) is 0 Å². The Hall–Kier alpha value is -0.0531. The molecule has 0 N–H and O–H groups in total. The SMILES string of the molecule is C=CCN(CCC[Si](OC)(OC)OC)C(=S)[S-]. The summed E-state index contributed by atoms with van der Waals surface area (Å²) in [4.78, 5) is 1.91. The zero-order chi connectivity index (χ0) is 13.3. The Labute approximate surface area is 116 Å². The van der Waals surface area contributed by atoms with Gasteiger partial charge in [-0.1, -0.05) is 10.4 Å². The van der Waals surface area contributed by atoms with Crippen LogP contribution in [-0.2, 0) is 25.9 Å². The molecule has 0 amide bonds. The monoisotopic (exact) mass is 294 g/mol. The first kappa shape index (κ1) is 16.9. The lowest BCUT2D eigenvalue weighted by molar-refractivity contribution is 0.122. The van der Waals surface area contributed by atoms with Crippen molar-refractivity contribution in [1.29, 1.82) is 0 Å². The maximum absolute atomic E-state index is 5.34. The van der Waals surface area contributed by atoms with Gasteiger partial charge in [0.15, 0.2) is 0 Å². The molecule has 0 saturated carbocycles. The first-order valence-corrected chi connectivity index (χ1v) is 8.02. The van der Waals surface area contributed by atoms with E-state index in [-0.39, 0.29) is 0 Å². The van der Waals surface area contributed by atoms with E-state index < -0.39 is 8.80 Å². The van der Waals surface area contributed by atoms with Crippen molar-refractivity contribution in [3.63, 3.8) is 0 Å². The van der Waals surface area contributed by atoms with E-state index in [0.29, 0.717) is 10.9 Å². The van der Waals surface area contributed by atoms with E-state index in [1.807, 2.05) is 4.90 Å². The lowest BCUT2D eigenvalue weighted by Gasteiger charge is -2.29. The van der Waals surface area contributed by atoms with Gasteiger partial charge >= 0.3 is 8.80 Å². The van der Waals surface area contributed by atoms with Gasteiger partial charge in [0.1, 0.15) is 0 Å². The molecule has 0 spiro atoms. The zero-order valence-electron chi connectivity index (χ0n) is 10.6. The van der Waals surface area contributed by atoms with E-state index >= 15 is 0 Å². The molecule has 0 aromatic rings. The van der Waals surface area contributed by atoms with Crippen LogP contribution in [0.2, 0.25) is 6.04 Å². The lowest BCUT2D eigenvalue weighted by Crippen LogP contribution is -2.43. The van der Waals surface area contributed by atoms with Crippen molar-refractivity contribution in [3.05, 3.63) is 12.7 Å². The molecule has 0 rings (SSSR count). The Morgan fingerprint density at radius 2 is 1.88 bits per heavy atom. The zero-order valence-corrected chi connectivity index (χ0v) is 13.2. The smallest absolute Gasteiger partial charge is 0.411 e. The summed E-state index contributed by atoms with van der Waals surface area (Å²) in [6.45, 7) is 5.11. The van der Waals surface area contributed by atoms with Crippen LogP contribution in [0.1, 0.15) is 6.42 Å². The summed E-state index contributed by atoms with van der Waals surface area (Å²) in [5, 5.41) is 0. The van der Waals surface area contributed by atoms with Crippen LogP contribution in [0.5, 0.6) is 0 Å². The van der Waals surface area contributed by atoms with E-state index in [2.05, 4.69) is 6.58 Å². The number of rotatable bonds is 9. The van der Waals surface area contributed by atoms with Crippen molar-refractivity contribution in [2.24, 2.45) is 0 Å². The van der Waals surface area contributed by atoms with Crippen LogP contribution in [-0.4, -0.2) is 52.4 Å². The number of thiocarbonyl (C=S) groups is 1. The number of hydrogen-bond acceptors (Lipinski definition) is 5. The average molecular weight is 294 g/mol. The van der Waals surface area contributed by atoms with Crippen LogP contribution in [0.4, 0.5) is 0 Å². The van der Waals surface area contributed by atoms with Crippen LogP contribution < -0.4 is 0 Å². The molecular formula is C10H20NO3S2Si-. The molecule has 4 nitrogen and oxygen atoms in total. The van der Waals surface area contributed by atoms with Gasteiger partial charge in [0, 0.05) is 40.5 Å². The van der Waals surface area contributed by atoms with Crippen LogP contribution in [0.3, 0.4) is 0 Å². The van der Waals surface area contributed by atoms with Gasteiger partial charge in [0.2, 0.25) is 0 Å². The minimum absolute atomic E-state index is 0.462. The minimum atomic E-state index is -2.47. The van der Waals surface area contributed by atoms with Gasteiger partial charge in [-0.15, -0.1) is 6.58 Å². The van der Waals surface area contributed by atoms with Gasteiger partial charge in [0.25, 0.3) is 0 Å². The third-order valence-corrected chi connectivity index (χ3v) is 5.80. The molecule has 0 radical (unpaired) electrons. The Kier molecular flexibility index (Phi) is 8.93. The molecule has 17 heavy (non-hydrogen) atoms. The van der Waals surface area contributed by atoms with Crippen LogP contribution in [0.25, 0.3) is 0 Å².